The highest BCUT2D eigenvalue weighted by atomic mass is 79.9. The fraction of sp³-hybridized carbons (Fsp3) is 0.692. The van der Waals surface area contributed by atoms with Crippen molar-refractivity contribution in [3.63, 3.8) is 0 Å². The van der Waals surface area contributed by atoms with Crippen molar-refractivity contribution in [2.45, 2.75) is 26.3 Å². The Kier molecular flexibility index (Phi) is 6.15. The SMILES string of the molecule is CCN(Cc1cc(Br)c(Br)s1)CC1CCNCC1. The molecule has 1 fully saturated rings. The molecular formula is C13H20Br2N2S. The van der Waals surface area contributed by atoms with Gasteiger partial charge in [0.05, 0.1) is 3.79 Å². The highest BCUT2D eigenvalue weighted by Gasteiger charge is 2.17. The van der Waals surface area contributed by atoms with E-state index in [0.717, 1.165) is 19.0 Å². The molecule has 0 aliphatic carbocycles. The summed E-state index contributed by atoms with van der Waals surface area (Å²) in [6.45, 7) is 8.10. The van der Waals surface area contributed by atoms with Crippen LogP contribution in [-0.2, 0) is 6.54 Å². The van der Waals surface area contributed by atoms with E-state index in [1.807, 2.05) is 11.3 Å². The second kappa shape index (κ2) is 7.39. The van der Waals surface area contributed by atoms with Gasteiger partial charge in [-0.15, -0.1) is 11.3 Å². The monoisotopic (exact) mass is 394 g/mol. The molecule has 0 spiro atoms. The maximum Gasteiger partial charge on any atom is 0.0843 e. The molecule has 0 radical (unpaired) electrons. The number of thiophene rings is 1. The zero-order valence-electron chi connectivity index (χ0n) is 10.7. The summed E-state index contributed by atoms with van der Waals surface area (Å²) in [7, 11) is 0. The van der Waals surface area contributed by atoms with E-state index in [1.54, 1.807) is 0 Å². The fourth-order valence-electron chi connectivity index (χ4n) is 2.42. The highest BCUT2D eigenvalue weighted by molar-refractivity contribution is 9.13. The highest BCUT2D eigenvalue weighted by Crippen LogP contribution is 2.33. The number of hydrogen-bond acceptors (Lipinski definition) is 3. The Balaban J connectivity index is 1.88. The second-order valence-corrected chi connectivity index (χ2v) is 8.16. The summed E-state index contributed by atoms with van der Waals surface area (Å²) in [6.07, 6.45) is 2.66. The Morgan fingerprint density at radius 1 is 1.39 bits per heavy atom. The van der Waals surface area contributed by atoms with Gasteiger partial charge in [0, 0.05) is 22.4 Å². The molecule has 1 aliphatic rings. The predicted molar refractivity (Wildman–Crippen MR) is 86.3 cm³/mol. The van der Waals surface area contributed by atoms with Gasteiger partial charge in [-0.1, -0.05) is 6.92 Å². The third-order valence-corrected chi connectivity index (χ3v) is 6.74. The van der Waals surface area contributed by atoms with E-state index in [4.69, 9.17) is 0 Å². The average Bonchev–Trinajstić information content (AvgIpc) is 2.69. The summed E-state index contributed by atoms with van der Waals surface area (Å²) in [5.74, 6) is 0.873. The first-order valence-corrected chi connectivity index (χ1v) is 8.96. The molecule has 0 atom stereocenters. The molecule has 0 amide bonds. The van der Waals surface area contributed by atoms with Crippen LogP contribution in [0, 0.1) is 5.92 Å². The Morgan fingerprint density at radius 3 is 2.67 bits per heavy atom. The molecule has 2 heterocycles. The average molecular weight is 396 g/mol. The van der Waals surface area contributed by atoms with Crippen molar-refractivity contribution in [2.24, 2.45) is 5.92 Å². The molecule has 2 rings (SSSR count). The lowest BCUT2D eigenvalue weighted by Gasteiger charge is -2.29. The van der Waals surface area contributed by atoms with Crippen molar-refractivity contribution in [3.05, 3.63) is 19.2 Å². The summed E-state index contributed by atoms with van der Waals surface area (Å²) in [6, 6.07) is 2.24. The van der Waals surface area contributed by atoms with Crippen LogP contribution in [0.2, 0.25) is 0 Å². The van der Waals surface area contributed by atoms with Gasteiger partial charge < -0.3 is 5.32 Å². The van der Waals surface area contributed by atoms with Crippen LogP contribution < -0.4 is 5.32 Å². The second-order valence-electron chi connectivity index (χ2n) is 4.86. The number of halogens is 2. The minimum Gasteiger partial charge on any atom is -0.317 e. The van der Waals surface area contributed by atoms with Crippen LogP contribution in [-0.4, -0.2) is 31.1 Å². The number of nitrogens with one attached hydrogen (secondary N) is 1. The first-order chi connectivity index (χ1) is 8.69. The minimum absolute atomic E-state index is 0.873. The van der Waals surface area contributed by atoms with E-state index >= 15 is 0 Å². The Bertz CT molecular complexity index is 356. The van der Waals surface area contributed by atoms with Crippen LogP contribution in [0.5, 0.6) is 0 Å². The molecule has 0 aromatic carbocycles. The van der Waals surface area contributed by atoms with Gasteiger partial charge >= 0.3 is 0 Å². The molecule has 0 bridgehead atoms. The van der Waals surface area contributed by atoms with Crippen LogP contribution in [0.3, 0.4) is 0 Å². The normalized spacial score (nSPS) is 17.6. The lowest BCUT2D eigenvalue weighted by Crippen LogP contribution is -2.35. The number of nitrogens with zero attached hydrogens (tertiary/aromatic N) is 1. The number of piperidine rings is 1. The quantitative estimate of drug-likeness (QED) is 0.807. The molecule has 1 aromatic heterocycles. The fourth-order valence-corrected chi connectivity index (χ4v) is 4.64. The van der Waals surface area contributed by atoms with E-state index in [1.165, 1.54) is 45.6 Å². The van der Waals surface area contributed by atoms with E-state index in [9.17, 15) is 0 Å². The molecule has 1 aromatic rings. The first-order valence-electron chi connectivity index (χ1n) is 6.55. The lowest BCUT2D eigenvalue weighted by molar-refractivity contribution is 0.208. The Labute approximate surface area is 130 Å². The number of rotatable bonds is 5. The minimum atomic E-state index is 0.873. The Hall–Kier alpha value is 0.580. The van der Waals surface area contributed by atoms with E-state index in [-0.39, 0.29) is 0 Å². The van der Waals surface area contributed by atoms with Crippen molar-refractivity contribution < 1.29 is 0 Å². The number of hydrogen-bond donors (Lipinski definition) is 1. The molecule has 1 aliphatic heterocycles. The standard InChI is InChI=1S/C13H20Br2N2S/c1-2-17(8-10-3-5-16-6-4-10)9-11-7-12(14)13(15)18-11/h7,10,16H,2-6,8-9H2,1H3. The van der Waals surface area contributed by atoms with E-state index in [2.05, 4.69) is 55.1 Å². The van der Waals surface area contributed by atoms with Gasteiger partial charge in [-0.05, 0) is 76.3 Å². The maximum atomic E-state index is 3.57. The van der Waals surface area contributed by atoms with Gasteiger partial charge in [-0.2, -0.15) is 0 Å². The molecule has 0 unspecified atom stereocenters. The predicted octanol–water partition coefficient (Wildman–Crippen LogP) is 4.09. The first kappa shape index (κ1) is 15.0. The van der Waals surface area contributed by atoms with Gasteiger partial charge in [-0.25, -0.2) is 0 Å². The molecule has 2 nitrogen and oxygen atoms in total. The summed E-state index contributed by atoms with van der Waals surface area (Å²) < 4.78 is 2.39. The molecule has 0 saturated carbocycles. The molecular weight excluding hydrogens is 376 g/mol. The smallest absolute Gasteiger partial charge is 0.0843 e. The summed E-state index contributed by atoms with van der Waals surface area (Å²) in [5, 5.41) is 3.44. The summed E-state index contributed by atoms with van der Waals surface area (Å²) in [4.78, 5) is 4.00. The van der Waals surface area contributed by atoms with Crippen LogP contribution in [0.25, 0.3) is 0 Å². The molecule has 102 valence electrons. The van der Waals surface area contributed by atoms with Crippen molar-refractivity contribution >= 4 is 43.2 Å². The van der Waals surface area contributed by atoms with E-state index < -0.39 is 0 Å². The van der Waals surface area contributed by atoms with Crippen molar-refractivity contribution in [2.75, 3.05) is 26.2 Å². The third-order valence-electron chi connectivity index (χ3n) is 3.50. The van der Waals surface area contributed by atoms with Crippen LogP contribution in [0.1, 0.15) is 24.6 Å². The Morgan fingerprint density at radius 2 is 2.11 bits per heavy atom. The molecule has 5 heteroatoms. The zero-order chi connectivity index (χ0) is 13.0. The van der Waals surface area contributed by atoms with Gasteiger partial charge in [0.25, 0.3) is 0 Å². The topological polar surface area (TPSA) is 15.3 Å². The summed E-state index contributed by atoms with van der Waals surface area (Å²) >= 11 is 8.97. The van der Waals surface area contributed by atoms with E-state index in [0.29, 0.717) is 0 Å². The summed E-state index contributed by atoms with van der Waals surface area (Å²) in [5.41, 5.74) is 0. The lowest BCUT2D eigenvalue weighted by atomic mass is 9.97. The molecule has 18 heavy (non-hydrogen) atoms. The van der Waals surface area contributed by atoms with Gasteiger partial charge in [0.2, 0.25) is 0 Å². The van der Waals surface area contributed by atoms with Crippen LogP contribution in [0.15, 0.2) is 14.3 Å². The van der Waals surface area contributed by atoms with Crippen molar-refractivity contribution in [3.8, 4) is 0 Å². The third kappa shape index (κ3) is 4.30. The molecule has 1 N–H and O–H groups in total. The van der Waals surface area contributed by atoms with Gasteiger partial charge in [0.15, 0.2) is 0 Å². The van der Waals surface area contributed by atoms with Gasteiger partial charge in [0.1, 0.15) is 0 Å². The zero-order valence-corrected chi connectivity index (χ0v) is 14.7. The molecule has 1 saturated heterocycles. The van der Waals surface area contributed by atoms with Crippen molar-refractivity contribution in [1.29, 1.82) is 0 Å². The van der Waals surface area contributed by atoms with Crippen LogP contribution in [0.4, 0.5) is 0 Å². The van der Waals surface area contributed by atoms with Crippen LogP contribution >= 0.6 is 43.2 Å². The maximum absolute atomic E-state index is 3.57. The largest absolute Gasteiger partial charge is 0.317 e. The van der Waals surface area contributed by atoms with Gasteiger partial charge in [-0.3, -0.25) is 4.90 Å². The van der Waals surface area contributed by atoms with Crippen molar-refractivity contribution in [1.82, 2.24) is 10.2 Å².